The highest BCUT2D eigenvalue weighted by Gasteiger charge is 2.14. The Labute approximate surface area is 167 Å². The molecule has 6 aromatic rings. The van der Waals surface area contributed by atoms with Crippen molar-refractivity contribution in [2.24, 2.45) is 0 Å². The van der Waals surface area contributed by atoms with Gasteiger partial charge in [-0.3, -0.25) is 0 Å². The van der Waals surface area contributed by atoms with Crippen molar-refractivity contribution in [3.63, 3.8) is 0 Å². The average molecular weight is 378 g/mol. The summed E-state index contributed by atoms with van der Waals surface area (Å²) in [5.41, 5.74) is 6.99. The highest BCUT2D eigenvalue weighted by molar-refractivity contribution is 6.15. The SMILES string of the molecule is COc1ccc(-c2ccc3c(c2)oc2cc4c(cc23)oc2cc(C)ccc24)cc1. The zero-order chi connectivity index (χ0) is 19.5. The Hall–Kier alpha value is -3.72. The van der Waals surface area contributed by atoms with Gasteiger partial charge in [0.15, 0.2) is 0 Å². The van der Waals surface area contributed by atoms with Crippen molar-refractivity contribution in [2.75, 3.05) is 7.11 Å². The zero-order valence-corrected chi connectivity index (χ0v) is 16.2. The molecule has 0 radical (unpaired) electrons. The predicted molar refractivity (Wildman–Crippen MR) is 118 cm³/mol. The molecule has 140 valence electrons. The second-order valence-electron chi connectivity index (χ2n) is 7.49. The summed E-state index contributed by atoms with van der Waals surface area (Å²) in [5, 5.41) is 4.37. The first-order valence-electron chi connectivity index (χ1n) is 9.63. The van der Waals surface area contributed by atoms with Crippen LogP contribution in [0.5, 0.6) is 5.75 Å². The fourth-order valence-corrected chi connectivity index (χ4v) is 4.12. The van der Waals surface area contributed by atoms with Crippen LogP contribution in [-0.2, 0) is 0 Å². The van der Waals surface area contributed by atoms with Gasteiger partial charge in [-0.25, -0.2) is 0 Å². The number of ether oxygens (including phenoxy) is 1. The molecule has 4 aromatic carbocycles. The molecule has 2 aromatic heterocycles. The number of methoxy groups -OCH3 is 1. The van der Waals surface area contributed by atoms with Gasteiger partial charge >= 0.3 is 0 Å². The number of aryl methyl sites for hydroxylation is 1. The summed E-state index contributed by atoms with van der Waals surface area (Å²) in [6.45, 7) is 2.08. The van der Waals surface area contributed by atoms with E-state index in [0.717, 1.165) is 60.8 Å². The van der Waals surface area contributed by atoms with E-state index in [2.05, 4.69) is 67.6 Å². The molecule has 0 aliphatic heterocycles. The largest absolute Gasteiger partial charge is 0.497 e. The Morgan fingerprint density at radius 1 is 0.552 bits per heavy atom. The first-order chi connectivity index (χ1) is 14.2. The van der Waals surface area contributed by atoms with Crippen LogP contribution < -0.4 is 4.74 Å². The predicted octanol–water partition coefficient (Wildman–Crippen LogP) is 7.47. The van der Waals surface area contributed by atoms with Gasteiger partial charge in [0.25, 0.3) is 0 Å². The first kappa shape index (κ1) is 16.3. The minimum Gasteiger partial charge on any atom is -0.497 e. The van der Waals surface area contributed by atoms with Crippen molar-refractivity contribution in [3.05, 3.63) is 78.4 Å². The second-order valence-corrected chi connectivity index (χ2v) is 7.49. The van der Waals surface area contributed by atoms with Crippen molar-refractivity contribution in [1.82, 2.24) is 0 Å². The minimum atomic E-state index is 0.851. The minimum absolute atomic E-state index is 0.851. The quantitative estimate of drug-likeness (QED) is 0.313. The van der Waals surface area contributed by atoms with Crippen LogP contribution in [0.25, 0.3) is 55.0 Å². The van der Waals surface area contributed by atoms with Gasteiger partial charge < -0.3 is 13.6 Å². The molecule has 0 fully saturated rings. The number of rotatable bonds is 2. The maximum absolute atomic E-state index is 6.24. The van der Waals surface area contributed by atoms with Gasteiger partial charge in [0.1, 0.15) is 28.1 Å². The van der Waals surface area contributed by atoms with E-state index in [9.17, 15) is 0 Å². The number of hydrogen-bond donors (Lipinski definition) is 0. The third-order valence-corrected chi connectivity index (χ3v) is 5.64. The van der Waals surface area contributed by atoms with Gasteiger partial charge in [0.05, 0.1) is 7.11 Å². The molecule has 0 saturated heterocycles. The van der Waals surface area contributed by atoms with Crippen LogP contribution in [0.2, 0.25) is 0 Å². The summed E-state index contributed by atoms with van der Waals surface area (Å²) < 4.78 is 17.6. The van der Waals surface area contributed by atoms with E-state index in [1.807, 2.05) is 12.1 Å². The number of fused-ring (bicyclic) bond motifs is 6. The van der Waals surface area contributed by atoms with Crippen molar-refractivity contribution in [1.29, 1.82) is 0 Å². The molecule has 0 amide bonds. The summed E-state index contributed by atoms with van der Waals surface area (Å²) in [6, 6.07) is 24.9. The molecule has 3 nitrogen and oxygen atoms in total. The van der Waals surface area contributed by atoms with Gasteiger partial charge in [-0.15, -0.1) is 0 Å². The second kappa shape index (κ2) is 5.89. The third-order valence-electron chi connectivity index (χ3n) is 5.64. The third kappa shape index (κ3) is 2.44. The lowest BCUT2D eigenvalue weighted by molar-refractivity contribution is 0.415. The molecule has 0 aliphatic rings. The lowest BCUT2D eigenvalue weighted by atomic mass is 10.0. The summed E-state index contributed by atoms with van der Waals surface area (Å²) >= 11 is 0. The molecule has 0 unspecified atom stereocenters. The molecule has 0 saturated carbocycles. The summed E-state index contributed by atoms with van der Waals surface area (Å²) in [7, 11) is 1.68. The lowest BCUT2D eigenvalue weighted by Gasteiger charge is -2.03. The molecule has 0 spiro atoms. The number of benzene rings is 4. The van der Waals surface area contributed by atoms with Gasteiger partial charge in [-0.1, -0.05) is 30.3 Å². The Balaban J connectivity index is 1.55. The van der Waals surface area contributed by atoms with E-state index in [-0.39, 0.29) is 0 Å². The summed E-state index contributed by atoms with van der Waals surface area (Å²) in [4.78, 5) is 0. The Kier molecular flexibility index (Phi) is 3.30. The Morgan fingerprint density at radius 2 is 1.10 bits per heavy atom. The van der Waals surface area contributed by atoms with E-state index in [1.54, 1.807) is 7.11 Å². The highest BCUT2D eigenvalue weighted by atomic mass is 16.5. The normalized spacial score (nSPS) is 11.8. The smallest absolute Gasteiger partial charge is 0.136 e. The molecule has 0 bridgehead atoms. The average Bonchev–Trinajstić information content (AvgIpc) is 3.28. The molecule has 0 N–H and O–H groups in total. The van der Waals surface area contributed by atoms with Gasteiger partial charge in [0.2, 0.25) is 0 Å². The molecule has 3 heteroatoms. The number of hydrogen-bond acceptors (Lipinski definition) is 3. The van der Waals surface area contributed by atoms with E-state index in [4.69, 9.17) is 13.6 Å². The molecular weight excluding hydrogens is 360 g/mol. The fraction of sp³-hybridized carbons (Fsp3) is 0.0769. The number of furan rings is 2. The van der Waals surface area contributed by atoms with Crippen LogP contribution in [-0.4, -0.2) is 7.11 Å². The van der Waals surface area contributed by atoms with Crippen LogP contribution in [0.4, 0.5) is 0 Å². The zero-order valence-electron chi connectivity index (χ0n) is 16.2. The lowest BCUT2D eigenvalue weighted by Crippen LogP contribution is -1.82. The first-order valence-corrected chi connectivity index (χ1v) is 9.63. The van der Waals surface area contributed by atoms with Gasteiger partial charge in [0, 0.05) is 21.5 Å². The van der Waals surface area contributed by atoms with Crippen LogP contribution in [0, 0.1) is 6.92 Å². The Morgan fingerprint density at radius 3 is 1.76 bits per heavy atom. The summed E-state index contributed by atoms with van der Waals surface area (Å²) in [5.74, 6) is 0.851. The molecular formula is C26H18O3. The fourth-order valence-electron chi connectivity index (χ4n) is 4.12. The van der Waals surface area contributed by atoms with Crippen molar-refractivity contribution < 1.29 is 13.6 Å². The molecule has 0 atom stereocenters. The maximum atomic E-state index is 6.24. The van der Waals surface area contributed by atoms with E-state index in [1.165, 1.54) is 5.56 Å². The summed E-state index contributed by atoms with van der Waals surface area (Å²) in [6.07, 6.45) is 0. The van der Waals surface area contributed by atoms with Crippen molar-refractivity contribution in [2.45, 2.75) is 6.92 Å². The standard InChI is InChI=1S/C26H18O3/c1-15-3-9-19-21-13-26-22(14-25(21)28-23(19)11-15)20-10-6-17(12-24(20)29-26)16-4-7-18(27-2)8-5-16/h3-14H,1-2H3. The maximum Gasteiger partial charge on any atom is 0.136 e. The van der Waals surface area contributed by atoms with Crippen LogP contribution in [0.1, 0.15) is 5.56 Å². The van der Waals surface area contributed by atoms with E-state index in [0.29, 0.717) is 0 Å². The van der Waals surface area contributed by atoms with E-state index < -0.39 is 0 Å². The van der Waals surface area contributed by atoms with Crippen molar-refractivity contribution in [3.8, 4) is 16.9 Å². The van der Waals surface area contributed by atoms with Gasteiger partial charge in [-0.2, -0.15) is 0 Å². The molecule has 6 rings (SSSR count). The van der Waals surface area contributed by atoms with Crippen LogP contribution in [0.15, 0.2) is 81.6 Å². The Bertz CT molecular complexity index is 1530. The van der Waals surface area contributed by atoms with Crippen LogP contribution in [0.3, 0.4) is 0 Å². The molecule has 29 heavy (non-hydrogen) atoms. The van der Waals surface area contributed by atoms with Crippen molar-refractivity contribution >= 4 is 43.9 Å². The van der Waals surface area contributed by atoms with Gasteiger partial charge in [-0.05, 0) is 66.1 Å². The van der Waals surface area contributed by atoms with E-state index >= 15 is 0 Å². The molecule has 0 aliphatic carbocycles. The van der Waals surface area contributed by atoms with Crippen LogP contribution >= 0.6 is 0 Å². The monoisotopic (exact) mass is 378 g/mol. The highest BCUT2D eigenvalue weighted by Crippen LogP contribution is 2.38. The molecule has 2 heterocycles. The topological polar surface area (TPSA) is 35.5 Å².